The van der Waals surface area contributed by atoms with Gasteiger partial charge in [0.1, 0.15) is 0 Å². The molecule has 0 bridgehead atoms. The van der Waals surface area contributed by atoms with Crippen molar-refractivity contribution in [2.75, 3.05) is 0 Å². The maximum atomic E-state index is 12.6. The molecule has 1 N–H and O–H groups in total. The number of rotatable bonds is 3. The molecule has 2 heterocycles. The molecular weight excluding hydrogens is 333 g/mol. The molecule has 0 spiro atoms. The van der Waals surface area contributed by atoms with E-state index in [9.17, 15) is 14.7 Å². The second-order valence-corrected chi connectivity index (χ2v) is 8.54. The molecule has 0 radical (unpaired) electrons. The molecule has 2 aliphatic rings. The zero-order chi connectivity index (χ0) is 19.4. The van der Waals surface area contributed by atoms with E-state index in [1.54, 1.807) is 12.1 Å². The first kappa shape index (κ1) is 18.9. The van der Waals surface area contributed by atoms with Gasteiger partial charge in [0, 0.05) is 5.56 Å². The second kappa shape index (κ2) is 6.10. The molecule has 6 nitrogen and oxygen atoms in total. The van der Waals surface area contributed by atoms with Crippen LogP contribution < -0.4 is 5.46 Å². The first-order valence-electron chi connectivity index (χ1n) is 9.00. The first-order valence-corrected chi connectivity index (χ1v) is 9.00. The molecule has 1 aromatic rings. The molecule has 26 heavy (non-hydrogen) atoms. The fourth-order valence-electron chi connectivity index (χ4n) is 3.49. The molecule has 1 saturated heterocycles. The van der Waals surface area contributed by atoms with Gasteiger partial charge in [-0.1, -0.05) is 26.0 Å². The molecule has 1 aromatic carbocycles. The van der Waals surface area contributed by atoms with Gasteiger partial charge in [-0.2, -0.15) is 0 Å². The molecule has 0 saturated carbocycles. The lowest BCUT2D eigenvalue weighted by Crippen LogP contribution is -2.41. The van der Waals surface area contributed by atoms with Crippen LogP contribution in [0.15, 0.2) is 18.2 Å². The lowest BCUT2D eigenvalue weighted by atomic mass is 9.77. The molecule has 140 valence electrons. The van der Waals surface area contributed by atoms with Crippen LogP contribution in [0, 0.1) is 5.92 Å². The topological polar surface area (TPSA) is 76.1 Å². The van der Waals surface area contributed by atoms with Crippen molar-refractivity contribution >= 4 is 24.6 Å². The minimum Gasteiger partial charge on any atom is -0.465 e. The van der Waals surface area contributed by atoms with Crippen LogP contribution >= 0.6 is 0 Å². The van der Waals surface area contributed by atoms with Crippen molar-refractivity contribution in [1.82, 2.24) is 4.90 Å². The minimum atomic E-state index is -1.21. The van der Waals surface area contributed by atoms with Crippen LogP contribution in [0.4, 0.5) is 4.79 Å². The van der Waals surface area contributed by atoms with Crippen LogP contribution in [-0.4, -0.2) is 40.3 Å². The van der Waals surface area contributed by atoms with Crippen molar-refractivity contribution in [3.05, 3.63) is 29.3 Å². The average Bonchev–Trinajstić information content (AvgIpc) is 2.89. The summed E-state index contributed by atoms with van der Waals surface area (Å²) in [6, 6.07) is 4.87. The maximum absolute atomic E-state index is 12.6. The Morgan fingerprint density at radius 3 is 2.31 bits per heavy atom. The number of carbonyl (C=O) groups is 2. The number of amides is 2. The van der Waals surface area contributed by atoms with E-state index in [-0.39, 0.29) is 5.92 Å². The van der Waals surface area contributed by atoms with E-state index in [1.165, 1.54) is 0 Å². The van der Waals surface area contributed by atoms with Crippen LogP contribution in [0.3, 0.4) is 0 Å². The highest BCUT2D eigenvalue weighted by molar-refractivity contribution is 6.62. The molecule has 1 unspecified atom stereocenters. The lowest BCUT2D eigenvalue weighted by molar-refractivity contribution is 0.00578. The predicted molar refractivity (Wildman–Crippen MR) is 98.5 cm³/mol. The van der Waals surface area contributed by atoms with E-state index in [4.69, 9.17) is 9.31 Å². The third kappa shape index (κ3) is 2.93. The standard InChI is InChI=1S/C19H26BNO5/c1-11(2)9-15-14-10-12(20-25-18(3,4)19(5,6)26-20)7-8-13(14)16(22)21(15)17(23)24/h7-8,10-11,15H,9H2,1-6H3,(H,23,24). The number of hydrogen-bond donors (Lipinski definition) is 1. The molecule has 2 amide bonds. The number of benzene rings is 1. The summed E-state index contributed by atoms with van der Waals surface area (Å²) in [5, 5.41) is 9.51. The number of carbonyl (C=O) groups excluding carboxylic acids is 1. The van der Waals surface area contributed by atoms with Crippen molar-refractivity contribution < 1.29 is 24.0 Å². The molecule has 1 atom stereocenters. The van der Waals surface area contributed by atoms with Gasteiger partial charge < -0.3 is 14.4 Å². The third-order valence-corrected chi connectivity index (χ3v) is 5.62. The van der Waals surface area contributed by atoms with Crippen LogP contribution in [-0.2, 0) is 9.31 Å². The Morgan fingerprint density at radius 2 is 1.81 bits per heavy atom. The third-order valence-electron chi connectivity index (χ3n) is 5.62. The Labute approximate surface area is 154 Å². The predicted octanol–water partition coefficient (Wildman–Crippen LogP) is 3.21. The minimum absolute atomic E-state index is 0.251. The Morgan fingerprint density at radius 1 is 1.23 bits per heavy atom. The van der Waals surface area contributed by atoms with Gasteiger partial charge >= 0.3 is 13.2 Å². The molecule has 2 aliphatic heterocycles. The summed E-state index contributed by atoms with van der Waals surface area (Å²) in [4.78, 5) is 25.1. The summed E-state index contributed by atoms with van der Waals surface area (Å²) >= 11 is 0. The van der Waals surface area contributed by atoms with E-state index < -0.39 is 36.4 Å². The van der Waals surface area contributed by atoms with E-state index in [0.717, 1.165) is 15.9 Å². The van der Waals surface area contributed by atoms with E-state index >= 15 is 0 Å². The SMILES string of the molecule is CC(C)CC1c2cc(B3OC(C)(C)C(C)(C)O3)ccc2C(=O)N1C(=O)O. The number of imide groups is 1. The van der Waals surface area contributed by atoms with Crippen LogP contribution in [0.1, 0.15) is 69.9 Å². The van der Waals surface area contributed by atoms with Gasteiger partial charge in [-0.05, 0) is 57.1 Å². The van der Waals surface area contributed by atoms with Crippen molar-refractivity contribution in [1.29, 1.82) is 0 Å². The monoisotopic (exact) mass is 359 g/mol. The zero-order valence-electron chi connectivity index (χ0n) is 16.2. The van der Waals surface area contributed by atoms with Crippen LogP contribution in [0.2, 0.25) is 0 Å². The smallest absolute Gasteiger partial charge is 0.465 e. The normalized spacial score (nSPS) is 23.7. The van der Waals surface area contributed by atoms with Gasteiger partial charge in [0.15, 0.2) is 0 Å². The summed E-state index contributed by atoms with van der Waals surface area (Å²) in [7, 11) is -0.543. The summed E-state index contributed by atoms with van der Waals surface area (Å²) in [6.07, 6.45) is -0.633. The van der Waals surface area contributed by atoms with Gasteiger partial charge in [0.05, 0.1) is 17.2 Å². The Bertz CT molecular complexity index is 742. The van der Waals surface area contributed by atoms with E-state index in [0.29, 0.717) is 12.0 Å². The van der Waals surface area contributed by atoms with E-state index in [1.807, 2.05) is 47.6 Å². The Kier molecular flexibility index (Phi) is 4.44. The van der Waals surface area contributed by atoms with Crippen molar-refractivity contribution in [2.45, 2.75) is 65.2 Å². The van der Waals surface area contributed by atoms with Gasteiger partial charge in [-0.3, -0.25) is 4.79 Å². The van der Waals surface area contributed by atoms with Crippen molar-refractivity contribution in [3.63, 3.8) is 0 Å². The largest absolute Gasteiger partial charge is 0.494 e. The molecule has 0 aromatic heterocycles. The summed E-state index contributed by atoms with van der Waals surface area (Å²) in [5.41, 5.74) is 1.06. The van der Waals surface area contributed by atoms with Gasteiger partial charge in [0.2, 0.25) is 0 Å². The Hall–Kier alpha value is -1.86. The number of carboxylic acid groups (broad SMARTS) is 1. The van der Waals surface area contributed by atoms with Gasteiger partial charge in [-0.25, -0.2) is 9.69 Å². The number of fused-ring (bicyclic) bond motifs is 1. The number of hydrogen-bond acceptors (Lipinski definition) is 4. The Balaban J connectivity index is 1.99. The lowest BCUT2D eigenvalue weighted by Gasteiger charge is -2.32. The molecule has 7 heteroatoms. The molecular formula is C19H26BNO5. The quantitative estimate of drug-likeness (QED) is 0.839. The van der Waals surface area contributed by atoms with Crippen LogP contribution in [0.25, 0.3) is 0 Å². The van der Waals surface area contributed by atoms with Gasteiger partial charge in [0.25, 0.3) is 5.91 Å². The zero-order valence-corrected chi connectivity index (χ0v) is 16.2. The highest BCUT2D eigenvalue weighted by Crippen LogP contribution is 2.39. The summed E-state index contributed by atoms with van der Waals surface area (Å²) in [5.74, 6) is -0.209. The van der Waals surface area contributed by atoms with Gasteiger partial charge in [-0.15, -0.1) is 0 Å². The average molecular weight is 359 g/mol. The van der Waals surface area contributed by atoms with Crippen molar-refractivity contribution in [2.24, 2.45) is 5.92 Å². The fourth-order valence-corrected chi connectivity index (χ4v) is 3.49. The molecule has 3 rings (SSSR count). The fraction of sp³-hybridized carbons (Fsp3) is 0.579. The number of nitrogens with zero attached hydrogens (tertiary/aromatic N) is 1. The first-order chi connectivity index (χ1) is 11.9. The second-order valence-electron chi connectivity index (χ2n) is 8.54. The highest BCUT2D eigenvalue weighted by Gasteiger charge is 2.52. The van der Waals surface area contributed by atoms with Crippen LogP contribution in [0.5, 0.6) is 0 Å². The van der Waals surface area contributed by atoms with E-state index in [2.05, 4.69) is 0 Å². The summed E-state index contributed by atoms with van der Waals surface area (Å²) in [6.45, 7) is 12.0. The maximum Gasteiger partial charge on any atom is 0.494 e. The van der Waals surface area contributed by atoms with Crippen molar-refractivity contribution in [3.8, 4) is 0 Å². The molecule has 1 fully saturated rings. The summed E-state index contributed by atoms with van der Waals surface area (Å²) < 4.78 is 12.2. The molecule has 0 aliphatic carbocycles. The highest BCUT2D eigenvalue weighted by atomic mass is 16.7.